The molecule has 166 valence electrons. The van der Waals surface area contributed by atoms with Crippen LogP contribution in [0.1, 0.15) is 51.5 Å². The van der Waals surface area contributed by atoms with Crippen LogP contribution in [0.4, 0.5) is 0 Å². The molecule has 1 N–H and O–H groups in total. The molecule has 1 amide bonds. The van der Waals surface area contributed by atoms with Crippen LogP contribution < -0.4 is 4.74 Å². The Morgan fingerprint density at radius 2 is 2.00 bits per heavy atom. The number of rotatable bonds is 2. The maximum Gasteiger partial charge on any atom is 0.246 e. The van der Waals surface area contributed by atoms with Crippen molar-refractivity contribution in [1.29, 1.82) is 0 Å². The molecule has 7 atom stereocenters. The van der Waals surface area contributed by atoms with Crippen LogP contribution in [-0.4, -0.2) is 42.2 Å². The molecule has 1 heterocycles. The van der Waals surface area contributed by atoms with E-state index >= 15 is 0 Å². The van der Waals surface area contributed by atoms with Gasteiger partial charge in [-0.15, -0.1) is 0 Å². The first kappa shape index (κ1) is 20.8. The zero-order valence-electron chi connectivity index (χ0n) is 19.2. The fourth-order valence-corrected chi connectivity index (χ4v) is 7.76. The zero-order chi connectivity index (χ0) is 22.0. The molecule has 0 spiro atoms. The maximum atomic E-state index is 12.7. The smallest absolute Gasteiger partial charge is 0.246 e. The molecule has 1 aromatic carbocycles. The van der Waals surface area contributed by atoms with E-state index in [1.165, 1.54) is 5.57 Å². The highest BCUT2D eigenvalue weighted by Gasteiger charge is 2.61. The Morgan fingerprint density at radius 1 is 1.19 bits per heavy atom. The van der Waals surface area contributed by atoms with Crippen molar-refractivity contribution in [3.8, 4) is 5.75 Å². The zero-order valence-corrected chi connectivity index (χ0v) is 19.2. The highest BCUT2D eigenvalue weighted by molar-refractivity contribution is 5.89. The highest BCUT2D eigenvalue weighted by atomic mass is 16.5. The molecule has 3 aliphatic carbocycles. The van der Waals surface area contributed by atoms with Crippen molar-refractivity contribution in [2.45, 2.75) is 58.1 Å². The number of aliphatic hydroxyl groups excluding tert-OH is 1. The molecule has 31 heavy (non-hydrogen) atoms. The molecular weight excluding hydrogens is 386 g/mol. The number of ether oxygens (including phenoxy) is 1. The number of aliphatic hydroxyl groups is 1. The van der Waals surface area contributed by atoms with E-state index in [4.69, 9.17) is 4.74 Å². The van der Waals surface area contributed by atoms with E-state index < -0.39 is 0 Å². The lowest BCUT2D eigenvalue weighted by Crippen LogP contribution is -2.60. The van der Waals surface area contributed by atoms with Crippen LogP contribution in [0.25, 0.3) is 6.08 Å². The van der Waals surface area contributed by atoms with E-state index in [-0.39, 0.29) is 28.9 Å². The van der Waals surface area contributed by atoms with E-state index in [1.807, 2.05) is 24.1 Å². The summed E-state index contributed by atoms with van der Waals surface area (Å²) in [6.45, 7) is 4.68. The molecule has 0 aromatic heterocycles. The van der Waals surface area contributed by atoms with Gasteiger partial charge in [0.25, 0.3) is 0 Å². The van der Waals surface area contributed by atoms with Crippen LogP contribution in [0.15, 0.2) is 42.0 Å². The third-order valence-corrected chi connectivity index (χ3v) is 9.36. The lowest BCUT2D eigenvalue weighted by atomic mass is 9.47. The second-order valence-electron chi connectivity index (χ2n) is 10.8. The summed E-state index contributed by atoms with van der Waals surface area (Å²) in [6, 6.07) is 8.25. The SMILES string of the molecule is COc1cccc(C=C2C[C@@H]3[C@H](CC[C@]4(C)[C@@H](O)CC[C@@H]34)[C@@]3(C)C=CC(=O)N(C)[C@H]23)c1. The van der Waals surface area contributed by atoms with Gasteiger partial charge in [0.15, 0.2) is 0 Å². The first-order valence-electron chi connectivity index (χ1n) is 11.8. The molecule has 0 saturated heterocycles. The molecule has 0 bridgehead atoms. The standard InChI is InChI=1S/C27H35NO3/c1-26-12-10-22-20(21(26)8-9-23(26)29)16-18(14-17-6-5-7-19(15-17)31-4)25-27(22,2)13-11-24(30)28(25)3/h5-7,11,13-15,20-23,25,29H,8-10,12,16H2,1-4H3/t20-,21-,22-,23-,25+,26-,27+/m0/s1. The molecule has 4 heteroatoms. The number of likely N-dealkylation sites (N-methyl/N-ethyl adjacent to an activating group) is 1. The van der Waals surface area contributed by atoms with Gasteiger partial charge in [-0.1, -0.05) is 38.1 Å². The molecule has 3 saturated carbocycles. The van der Waals surface area contributed by atoms with Gasteiger partial charge < -0.3 is 14.7 Å². The van der Waals surface area contributed by atoms with Crippen LogP contribution in [-0.2, 0) is 4.79 Å². The number of hydrogen-bond donors (Lipinski definition) is 1. The summed E-state index contributed by atoms with van der Waals surface area (Å²) in [6.07, 6.45) is 11.4. The summed E-state index contributed by atoms with van der Waals surface area (Å²) in [5, 5.41) is 10.8. The summed E-state index contributed by atoms with van der Waals surface area (Å²) >= 11 is 0. The van der Waals surface area contributed by atoms with E-state index in [1.54, 1.807) is 13.2 Å². The third kappa shape index (κ3) is 3.01. The van der Waals surface area contributed by atoms with Gasteiger partial charge in [-0.05, 0) is 84.6 Å². The Morgan fingerprint density at radius 3 is 2.77 bits per heavy atom. The van der Waals surface area contributed by atoms with E-state index in [2.05, 4.69) is 38.1 Å². The van der Waals surface area contributed by atoms with Crippen molar-refractivity contribution in [1.82, 2.24) is 4.90 Å². The molecule has 1 aromatic rings. The van der Waals surface area contributed by atoms with Gasteiger partial charge in [0.2, 0.25) is 5.91 Å². The number of fused-ring (bicyclic) bond motifs is 5. The van der Waals surface area contributed by atoms with Gasteiger partial charge in [-0.3, -0.25) is 4.79 Å². The minimum Gasteiger partial charge on any atom is -0.497 e. The largest absolute Gasteiger partial charge is 0.497 e. The van der Waals surface area contributed by atoms with E-state index in [9.17, 15) is 9.90 Å². The third-order valence-electron chi connectivity index (χ3n) is 9.36. The van der Waals surface area contributed by atoms with Gasteiger partial charge in [-0.25, -0.2) is 0 Å². The van der Waals surface area contributed by atoms with E-state index in [0.717, 1.165) is 43.4 Å². The molecule has 0 unspecified atom stereocenters. The van der Waals surface area contributed by atoms with Gasteiger partial charge in [0.05, 0.1) is 19.3 Å². The van der Waals surface area contributed by atoms with Crippen molar-refractivity contribution in [3.63, 3.8) is 0 Å². The number of nitrogens with zero attached hydrogens (tertiary/aromatic N) is 1. The fraction of sp³-hybridized carbons (Fsp3) is 0.593. The monoisotopic (exact) mass is 421 g/mol. The highest BCUT2D eigenvalue weighted by Crippen LogP contribution is 2.64. The Bertz CT molecular complexity index is 952. The minimum absolute atomic E-state index is 0.0333. The van der Waals surface area contributed by atoms with Crippen molar-refractivity contribution >= 4 is 12.0 Å². The minimum atomic E-state index is -0.180. The Hall–Kier alpha value is -2.07. The van der Waals surface area contributed by atoms with E-state index in [0.29, 0.717) is 17.8 Å². The summed E-state index contributed by atoms with van der Waals surface area (Å²) in [4.78, 5) is 14.6. The van der Waals surface area contributed by atoms with Crippen molar-refractivity contribution in [3.05, 3.63) is 47.6 Å². The summed E-state index contributed by atoms with van der Waals surface area (Å²) in [5.41, 5.74) is 2.41. The predicted molar refractivity (Wildman–Crippen MR) is 122 cm³/mol. The Labute approximate surface area is 186 Å². The normalized spacial score (nSPS) is 42.9. The quantitative estimate of drug-likeness (QED) is 0.754. The molecule has 4 nitrogen and oxygen atoms in total. The molecular formula is C27H35NO3. The summed E-state index contributed by atoms with van der Waals surface area (Å²) in [7, 11) is 3.65. The predicted octanol–water partition coefficient (Wildman–Crippen LogP) is 4.69. The van der Waals surface area contributed by atoms with Crippen LogP contribution >= 0.6 is 0 Å². The molecule has 1 aliphatic heterocycles. The van der Waals surface area contributed by atoms with Crippen LogP contribution in [0, 0.1) is 28.6 Å². The molecule has 0 radical (unpaired) electrons. The topological polar surface area (TPSA) is 49.8 Å². The number of amides is 1. The molecule has 5 rings (SSSR count). The molecule has 4 aliphatic rings. The Kier molecular flexibility index (Phi) is 4.85. The first-order chi connectivity index (χ1) is 14.8. The fourth-order valence-electron chi connectivity index (χ4n) is 7.76. The average molecular weight is 422 g/mol. The van der Waals surface area contributed by atoms with Gasteiger partial charge in [0.1, 0.15) is 5.75 Å². The second kappa shape index (κ2) is 7.23. The van der Waals surface area contributed by atoms with Gasteiger partial charge in [-0.2, -0.15) is 0 Å². The first-order valence-corrected chi connectivity index (χ1v) is 11.8. The number of carbonyl (C=O) groups is 1. The molecule has 3 fully saturated rings. The van der Waals surface area contributed by atoms with Crippen LogP contribution in [0.2, 0.25) is 0 Å². The van der Waals surface area contributed by atoms with Crippen molar-refractivity contribution in [2.24, 2.45) is 28.6 Å². The van der Waals surface area contributed by atoms with Gasteiger partial charge >= 0.3 is 0 Å². The van der Waals surface area contributed by atoms with Crippen molar-refractivity contribution < 1.29 is 14.6 Å². The average Bonchev–Trinajstić information content (AvgIpc) is 3.06. The lowest BCUT2D eigenvalue weighted by Gasteiger charge is -2.60. The number of benzene rings is 1. The van der Waals surface area contributed by atoms with Crippen LogP contribution in [0.5, 0.6) is 5.75 Å². The number of hydrogen-bond acceptors (Lipinski definition) is 3. The van der Waals surface area contributed by atoms with Crippen LogP contribution in [0.3, 0.4) is 0 Å². The second-order valence-corrected chi connectivity index (χ2v) is 10.8. The maximum absolute atomic E-state index is 12.7. The number of methoxy groups -OCH3 is 1. The number of carbonyl (C=O) groups excluding carboxylic acids is 1. The summed E-state index contributed by atoms with van der Waals surface area (Å²) in [5.74, 6) is 2.57. The lowest BCUT2D eigenvalue weighted by molar-refractivity contribution is -0.135. The summed E-state index contributed by atoms with van der Waals surface area (Å²) < 4.78 is 5.44. The Balaban J connectivity index is 1.61. The van der Waals surface area contributed by atoms with Gasteiger partial charge in [0, 0.05) is 12.5 Å². The van der Waals surface area contributed by atoms with Crippen molar-refractivity contribution in [2.75, 3.05) is 14.2 Å².